The van der Waals surface area contributed by atoms with Gasteiger partial charge in [0.1, 0.15) is 5.75 Å². The van der Waals surface area contributed by atoms with E-state index < -0.39 is 0 Å². The van der Waals surface area contributed by atoms with E-state index in [4.69, 9.17) is 10.5 Å². The molecule has 1 aliphatic carbocycles. The van der Waals surface area contributed by atoms with Crippen molar-refractivity contribution in [1.82, 2.24) is 0 Å². The smallest absolute Gasteiger partial charge is 0.123 e. The van der Waals surface area contributed by atoms with Crippen LogP contribution in [0.15, 0.2) is 18.2 Å². The number of aliphatic hydroxyl groups excluding tert-OH is 1. The van der Waals surface area contributed by atoms with Crippen molar-refractivity contribution in [2.45, 2.75) is 25.9 Å². The number of hydrogen-bond donors (Lipinski definition) is 3. The summed E-state index contributed by atoms with van der Waals surface area (Å²) in [6.45, 7) is 3.47. The second kappa shape index (κ2) is 5.27. The third kappa shape index (κ3) is 3.27. The number of hydrogen-bond acceptors (Lipinski definition) is 4. The molecule has 1 saturated carbocycles. The van der Waals surface area contributed by atoms with Crippen molar-refractivity contribution in [3.8, 4) is 5.75 Å². The number of nitrogens with two attached hydrogens (primary N) is 1. The second-order valence-corrected chi connectivity index (χ2v) is 4.60. The van der Waals surface area contributed by atoms with Crippen LogP contribution in [0.25, 0.3) is 0 Å². The lowest BCUT2D eigenvalue weighted by Gasteiger charge is -2.31. The Morgan fingerprint density at radius 3 is 2.82 bits per heavy atom. The molecule has 4 nitrogen and oxygen atoms in total. The van der Waals surface area contributed by atoms with Gasteiger partial charge in [0, 0.05) is 30.1 Å². The van der Waals surface area contributed by atoms with Crippen LogP contribution in [0.3, 0.4) is 0 Å². The third-order valence-corrected chi connectivity index (χ3v) is 3.05. The van der Waals surface area contributed by atoms with Crippen LogP contribution in [-0.4, -0.2) is 24.4 Å². The van der Waals surface area contributed by atoms with Gasteiger partial charge in [0.15, 0.2) is 0 Å². The molecule has 1 aromatic carbocycles. The van der Waals surface area contributed by atoms with Gasteiger partial charge in [-0.05, 0) is 31.7 Å². The van der Waals surface area contributed by atoms with Gasteiger partial charge < -0.3 is 20.9 Å². The molecule has 0 bridgehead atoms. The molecular formula is C13H20N2O2. The maximum absolute atomic E-state index is 9.21. The summed E-state index contributed by atoms with van der Waals surface area (Å²) in [7, 11) is 0. The molecule has 17 heavy (non-hydrogen) atoms. The van der Waals surface area contributed by atoms with Crippen LogP contribution < -0.4 is 15.8 Å². The number of nitrogen functional groups attached to an aromatic ring is 1. The van der Waals surface area contributed by atoms with Crippen LogP contribution in [0.5, 0.6) is 5.75 Å². The Hall–Kier alpha value is -1.42. The van der Waals surface area contributed by atoms with E-state index in [2.05, 4.69) is 5.32 Å². The molecule has 94 valence electrons. The van der Waals surface area contributed by atoms with Gasteiger partial charge >= 0.3 is 0 Å². The first-order chi connectivity index (χ1) is 8.17. The number of benzene rings is 1. The zero-order valence-corrected chi connectivity index (χ0v) is 10.1. The summed E-state index contributed by atoms with van der Waals surface area (Å²) >= 11 is 0. The Balaban J connectivity index is 1.90. The summed E-state index contributed by atoms with van der Waals surface area (Å²) in [4.78, 5) is 0. The van der Waals surface area contributed by atoms with Gasteiger partial charge in [-0.1, -0.05) is 0 Å². The molecule has 4 heteroatoms. The summed E-state index contributed by atoms with van der Waals surface area (Å²) < 4.78 is 5.43. The molecule has 0 atom stereocenters. The molecule has 0 aromatic heterocycles. The molecule has 0 radical (unpaired) electrons. The fourth-order valence-electron chi connectivity index (χ4n) is 2.10. The molecular weight excluding hydrogens is 216 g/mol. The highest BCUT2D eigenvalue weighted by molar-refractivity contribution is 5.59. The average molecular weight is 236 g/mol. The Labute approximate surface area is 102 Å². The van der Waals surface area contributed by atoms with E-state index in [9.17, 15) is 5.11 Å². The van der Waals surface area contributed by atoms with Gasteiger partial charge in [0.25, 0.3) is 0 Å². The summed E-state index contributed by atoms with van der Waals surface area (Å²) in [5.74, 6) is 1.37. The number of aliphatic hydroxyl groups is 1. The Morgan fingerprint density at radius 2 is 2.18 bits per heavy atom. The topological polar surface area (TPSA) is 67.5 Å². The Kier molecular flexibility index (Phi) is 3.74. The second-order valence-electron chi connectivity index (χ2n) is 4.60. The van der Waals surface area contributed by atoms with E-state index in [1.807, 2.05) is 25.1 Å². The number of nitrogens with one attached hydrogen (secondary N) is 1. The highest BCUT2D eigenvalue weighted by atomic mass is 16.5. The average Bonchev–Trinajstić information content (AvgIpc) is 2.22. The minimum atomic E-state index is -0.0957. The lowest BCUT2D eigenvalue weighted by molar-refractivity contribution is 0.0487. The van der Waals surface area contributed by atoms with E-state index in [-0.39, 0.29) is 6.10 Å². The molecule has 0 amide bonds. The first-order valence-electron chi connectivity index (χ1n) is 6.12. The molecule has 0 spiro atoms. The fraction of sp³-hybridized carbons (Fsp3) is 0.538. The van der Waals surface area contributed by atoms with Gasteiger partial charge in [0.2, 0.25) is 0 Å². The van der Waals surface area contributed by atoms with Crippen LogP contribution >= 0.6 is 0 Å². The summed E-state index contributed by atoms with van der Waals surface area (Å²) in [6, 6.07) is 5.67. The van der Waals surface area contributed by atoms with Crippen molar-refractivity contribution in [1.29, 1.82) is 0 Å². The maximum atomic E-state index is 9.21. The highest BCUT2D eigenvalue weighted by Crippen LogP contribution is 2.28. The summed E-state index contributed by atoms with van der Waals surface area (Å²) in [5, 5.41) is 12.5. The zero-order valence-electron chi connectivity index (χ0n) is 10.1. The molecule has 1 aliphatic rings. The van der Waals surface area contributed by atoms with Gasteiger partial charge in [-0.3, -0.25) is 0 Å². The van der Waals surface area contributed by atoms with Crippen LogP contribution in [0.1, 0.15) is 19.8 Å². The molecule has 1 fully saturated rings. The van der Waals surface area contributed by atoms with Gasteiger partial charge in [0.05, 0.1) is 12.7 Å². The molecule has 1 aromatic rings. The number of rotatable bonds is 5. The summed E-state index contributed by atoms with van der Waals surface area (Å²) in [5.41, 5.74) is 7.49. The van der Waals surface area contributed by atoms with Crippen molar-refractivity contribution in [2.24, 2.45) is 5.92 Å². The molecule has 0 heterocycles. The van der Waals surface area contributed by atoms with Crippen molar-refractivity contribution in [3.63, 3.8) is 0 Å². The Morgan fingerprint density at radius 1 is 1.41 bits per heavy atom. The van der Waals surface area contributed by atoms with Crippen molar-refractivity contribution < 1.29 is 9.84 Å². The highest BCUT2D eigenvalue weighted by Gasteiger charge is 2.26. The monoisotopic (exact) mass is 236 g/mol. The predicted molar refractivity (Wildman–Crippen MR) is 69.2 cm³/mol. The first-order valence-corrected chi connectivity index (χ1v) is 6.12. The quantitative estimate of drug-likeness (QED) is 0.682. The minimum absolute atomic E-state index is 0.0957. The lowest BCUT2D eigenvalue weighted by atomic mass is 9.82. The molecule has 2 rings (SSSR count). The van der Waals surface area contributed by atoms with Crippen molar-refractivity contribution >= 4 is 11.4 Å². The maximum Gasteiger partial charge on any atom is 0.123 e. The number of anilines is 2. The molecule has 0 saturated heterocycles. The lowest BCUT2D eigenvalue weighted by Crippen LogP contribution is -2.33. The first kappa shape index (κ1) is 12.0. The molecule has 4 N–H and O–H groups in total. The largest absolute Gasteiger partial charge is 0.494 e. The standard InChI is InChI=1S/C13H20N2O2/c1-2-17-13-6-10(14)5-11(7-13)15-8-9-3-12(16)4-9/h5-7,9,12,15-16H,2-4,8,14H2,1H3. The number of ether oxygens (including phenoxy) is 1. The molecule has 0 unspecified atom stereocenters. The van der Waals surface area contributed by atoms with Crippen LogP contribution in [0, 0.1) is 5.92 Å². The van der Waals surface area contributed by atoms with E-state index in [0.29, 0.717) is 18.2 Å². The molecule has 0 aliphatic heterocycles. The normalized spacial score (nSPS) is 22.9. The van der Waals surface area contributed by atoms with Crippen molar-refractivity contribution in [2.75, 3.05) is 24.2 Å². The predicted octanol–water partition coefficient (Wildman–Crippen LogP) is 1.85. The van der Waals surface area contributed by atoms with E-state index in [0.717, 1.165) is 30.8 Å². The van der Waals surface area contributed by atoms with Crippen LogP contribution in [-0.2, 0) is 0 Å². The zero-order chi connectivity index (χ0) is 12.3. The van der Waals surface area contributed by atoms with Crippen LogP contribution in [0.2, 0.25) is 0 Å². The Bertz CT molecular complexity index is 376. The van der Waals surface area contributed by atoms with Gasteiger partial charge in [-0.15, -0.1) is 0 Å². The summed E-state index contributed by atoms with van der Waals surface area (Å²) in [6.07, 6.45) is 1.70. The van der Waals surface area contributed by atoms with E-state index in [1.54, 1.807) is 0 Å². The van der Waals surface area contributed by atoms with Gasteiger partial charge in [-0.2, -0.15) is 0 Å². The minimum Gasteiger partial charge on any atom is -0.494 e. The van der Waals surface area contributed by atoms with E-state index >= 15 is 0 Å². The van der Waals surface area contributed by atoms with Crippen LogP contribution in [0.4, 0.5) is 11.4 Å². The third-order valence-electron chi connectivity index (χ3n) is 3.05. The van der Waals surface area contributed by atoms with Gasteiger partial charge in [-0.25, -0.2) is 0 Å². The SMILES string of the molecule is CCOc1cc(N)cc(NCC2CC(O)C2)c1. The van der Waals surface area contributed by atoms with E-state index in [1.165, 1.54) is 0 Å². The van der Waals surface area contributed by atoms with Crippen molar-refractivity contribution in [3.05, 3.63) is 18.2 Å². The fourth-order valence-corrected chi connectivity index (χ4v) is 2.10.